The highest BCUT2D eigenvalue weighted by Gasteiger charge is 2.31. The number of carboxylic acid groups (broad SMARTS) is 1. The van der Waals surface area contributed by atoms with Crippen molar-refractivity contribution in [2.24, 2.45) is 0 Å². The molecule has 0 aromatic rings. The lowest BCUT2D eigenvalue weighted by atomic mass is 10.1. The molecule has 0 spiro atoms. The van der Waals surface area contributed by atoms with Crippen LogP contribution in [-0.4, -0.2) is 48.6 Å². The molecule has 1 fully saturated rings. The van der Waals surface area contributed by atoms with E-state index in [1.165, 1.54) is 7.11 Å². The maximum atomic E-state index is 13.0. The van der Waals surface area contributed by atoms with E-state index in [2.05, 4.69) is 0 Å². The van der Waals surface area contributed by atoms with Crippen molar-refractivity contribution in [2.45, 2.75) is 18.7 Å². The van der Waals surface area contributed by atoms with Gasteiger partial charge in [0.1, 0.15) is 6.17 Å². The van der Waals surface area contributed by atoms with Crippen molar-refractivity contribution in [1.82, 2.24) is 4.90 Å². The Labute approximate surface area is 69.9 Å². The molecule has 0 aromatic heterocycles. The number of hydrogen-bond donors (Lipinski definition) is 1. The van der Waals surface area contributed by atoms with E-state index < -0.39 is 18.4 Å². The van der Waals surface area contributed by atoms with Crippen molar-refractivity contribution in [1.29, 1.82) is 0 Å². The molecule has 1 heterocycles. The number of rotatable bonds is 1. The summed E-state index contributed by atoms with van der Waals surface area (Å²) in [6, 6.07) is 0. The molecule has 70 valence electrons. The Morgan fingerprint density at radius 1 is 1.75 bits per heavy atom. The van der Waals surface area contributed by atoms with Gasteiger partial charge in [-0.05, 0) is 6.42 Å². The van der Waals surface area contributed by atoms with Crippen LogP contribution in [0.4, 0.5) is 9.18 Å². The summed E-state index contributed by atoms with van der Waals surface area (Å²) in [5.74, 6) is 0. The van der Waals surface area contributed by atoms with Gasteiger partial charge in [0.15, 0.2) is 0 Å². The normalized spacial score (nSPS) is 30.3. The van der Waals surface area contributed by atoms with E-state index >= 15 is 0 Å². The van der Waals surface area contributed by atoms with Gasteiger partial charge in [0.2, 0.25) is 0 Å². The molecule has 1 aliphatic heterocycles. The second-order valence-electron chi connectivity index (χ2n) is 2.81. The van der Waals surface area contributed by atoms with Crippen LogP contribution in [0.2, 0.25) is 0 Å². The molecule has 1 N–H and O–H groups in total. The number of amides is 1. The zero-order valence-electron chi connectivity index (χ0n) is 6.86. The summed E-state index contributed by atoms with van der Waals surface area (Å²) < 4.78 is 17.9. The Balaban J connectivity index is 2.46. The lowest BCUT2D eigenvalue weighted by molar-refractivity contribution is -0.0175. The average Bonchev–Trinajstić information content (AvgIpc) is 2.04. The molecule has 2 atom stereocenters. The van der Waals surface area contributed by atoms with Crippen molar-refractivity contribution in [3.8, 4) is 0 Å². The summed E-state index contributed by atoms with van der Waals surface area (Å²) in [7, 11) is 1.44. The molecule has 1 saturated heterocycles. The van der Waals surface area contributed by atoms with Crippen molar-refractivity contribution >= 4 is 6.09 Å². The van der Waals surface area contributed by atoms with E-state index in [0.717, 1.165) is 4.90 Å². The molecule has 0 saturated carbocycles. The van der Waals surface area contributed by atoms with Gasteiger partial charge in [-0.25, -0.2) is 9.18 Å². The number of hydrogen-bond acceptors (Lipinski definition) is 2. The van der Waals surface area contributed by atoms with Gasteiger partial charge < -0.3 is 14.7 Å². The van der Waals surface area contributed by atoms with Gasteiger partial charge in [-0.3, -0.25) is 0 Å². The van der Waals surface area contributed by atoms with Crippen LogP contribution in [-0.2, 0) is 4.74 Å². The second kappa shape index (κ2) is 3.71. The topological polar surface area (TPSA) is 49.8 Å². The van der Waals surface area contributed by atoms with E-state index in [1.807, 2.05) is 0 Å². The Bertz CT molecular complexity index is 176. The number of piperidine rings is 1. The molecule has 0 bridgehead atoms. The lowest BCUT2D eigenvalue weighted by Gasteiger charge is -2.31. The van der Waals surface area contributed by atoms with Gasteiger partial charge in [-0.15, -0.1) is 0 Å². The maximum absolute atomic E-state index is 13.0. The molecule has 12 heavy (non-hydrogen) atoms. The maximum Gasteiger partial charge on any atom is 0.407 e. The van der Waals surface area contributed by atoms with Crippen LogP contribution in [0.3, 0.4) is 0 Å². The van der Waals surface area contributed by atoms with Crippen LogP contribution in [0.5, 0.6) is 0 Å². The molecule has 0 radical (unpaired) electrons. The largest absolute Gasteiger partial charge is 0.465 e. The van der Waals surface area contributed by atoms with Gasteiger partial charge in [0.05, 0.1) is 12.6 Å². The third kappa shape index (κ3) is 1.85. The molecule has 1 rings (SSSR count). The first kappa shape index (κ1) is 9.25. The summed E-state index contributed by atoms with van der Waals surface area (Å²) in [6.07, 6.45) is -2.27. The second-order valence-corrected chi connectivity index (χ2v) is 2.81. The zero-order chi connectivity index (χ0) is 9.14. The molecule has 0 unspecified atom stereocenters. The minimum atomic E-state index is -1.19. The van der Waals surface area contributed by atoms with Gasteiger partial charge in [-0.2, -0.15) is 0 Å². The van der Waals surface area contributed by atoms with E-state index in [9.17, 15) is 9.18 Å². The van der Waals surface area contributed by atoms with Crippen LogP contribution >= 0.6 is 0 Å². The van der Waals surface area contributed by atoms with E-state index in [-0.39, 0.29) is 6.54 Å². The van der Waals surface area contributed by atoms with Gasteiger partial charge in [-0.1, -0.05) is 0 Å². The highest BCUT2D eigenvalue weighted by molar-refractivity contribution is 5.65. The Morgan fingerprint density at radius 2 is 2.42 bits per heavy atom. The summed E-state index contributed by atoms with van der Waals surface area (Å²) in [4.78, 5) is 11.5. The first-order chi connectivity index (χ1) is 5.65. The summed E-state index contributed by atoms with van der Waals surface area (Å²) in [6.45, 7) is 0.280. The van der Waals surface area contributed by atoms with Crippen LogP contribution in [0.1, 0.15) is 6.42 Å². The minimum Gasteiger partial charge on any atom is -0.465 e. The number of alkyl halides is 1. The molecule has 1 amide bonds. The molecular formula is C7H12FNO3. The van der Waals surface area contributed by atoms with E-state index in [1.54, 1.807) is 0 Å². The average molecular weight is 177 g/mol. The van der Waals surface area contributed by atoms with Crippen LogP contribution in [0.25, 0.3) is 0 Å². The molecular weight excluding hydrogens is 165 g/mol. The standard InChI is InChI=1S/C7H12FNO3/c1-12-6-2-3-9(7(10)11)4-5(6)8/h5-6H,2-4H2,1H3,(H,10,11)/t5-,6+/m1/s1. The third-order valence-electron chi connectivity index (χ3n) is 2.06. The number of nitrogens with zero attached hydrogens (tertiary/aromatic N) is 1. The quantitative estimate of drug-likeness (QED) is 0.642. The third-order valence-corrected chi connectivity index (χ3v) is 2.06. The van der Waals surface area contributed by atoms with Crippen molar-refractivity contribution in [2.75, 3.05) is 20.2 Å². The highest BCUT2D eigenvalue weighted by Crippen LogP contribution is 2.16. The fraction of sp³-hybridized carbons (Fsp3) is 0.857. The minimum absolute atomic E-state index is 0.0756. The predicted molar refractivity (Wildman–Crippen MR) is 39.9 cm³/mol. The van der Waals surface area contributed by atoms with Gasteiger partial charge >= 0.3 is 6.09 Å². The Kier molecular flexibility index (Phi) is 2.86. The summed E-state index contributed by atoms with van der Waals surface area (Å²) >= 11 is 0. The number of likely N-dealkylation sites (tertiary alicyclic amines) is 1. The van der Waals surface area contributed by atoms with Crippen molar-refractivity contribution in [3.05, 3.63) is 0 Å². The fourth-order valence-electron chi connectivity index (χ4n) is 1.32. The van der Waals surface area contributed by atoms with E-state index in [4.69, 9.17) is 9.84 Å². The molecule has 4 nitrogen and oxygen atoms in total. The number of ether oxygens (including phenoxy) is 1. The first-order valence-corrected chi connectivity index (χ1v) is 3.80. The lowest BCUT2D eigenvalue weighted by Crippen LogP contribution is -2.47. The van der Waals surface area contributed by atoms with Crippen molar-refractivity contribution < 1.29 is 19.0 Å². The molecule has 0 aromatic carbocycles. The molecule has 1 aliphatic rings. The summed E-state index contributed by atoms with van der Waals surface area (Å²) in [5.41, 5.74) is 0. The van der Waals surface area contributed by atoms with Crippen molar-refractivity contribution in [3.63, 3.8) is 0 Å². The number of halogens is 1. The Morgan fingerprint density at radius 3 is 2.83 bits per heavy atom. The van der Waals surface area contributed by atoms with E-state index in [0.29, 0.717) is 13.0 Å². The van der Waals surface area contributed by atoms with Gasteiger partial charge in [0, 0.05) is 13.7 Å². The highest BCUT2D eigenvalue weighted by atomic mass is 19.1. The van der Waals surface area contributed by atoms with Crippen LogP contribution in [0.15, 0.2) is 0 Å². The Hall–Kier alpha value is -0.840. The molecule has 5 heteroatoms. The monoisotopic (exact) mass is 177 g/mol. The first-order valence-electron chi connectivity index (χ1n) is 3.80. The molecule has 0 aliphatic carbocycles. The summed E-state index contributed by atoms with van der Waals surface area (Å²) in [5, 5.41) is 8.53. The number of methoxy groups -OCH3 is 1. The number of carbonyl (C=O) groups is 1. The van der Waals surface area contributed by atoms with Gasteiger partial charge in [0.25, 0.3) is 0 Å². The zero-order valence-corrected chi connectivity index (χ0v) is 6.86. The fourth-order valence-corrected chi connectivity index (χ4v) is 1.32. The SMILES string of the molecule is CO[C@H]1CCN(C(=O)O)C[C@H]1F. The smallest absolute Gasteiger partial charge is 0.407 e. The van der Waals surface area contributed by atoms with Crippen LogP contribution in [0, 0.1) is 0 Å². The predicted octanol–water partition coefficient (Wildman–Crippen LogP) is 0.723. The van der Waals surface area contributed by atoms with Crippen LogP contribution < -0.4 is 0 Å².